The average molecular weight is 193 g/mol. The normalized spacial score (nSPS) is 30.3. The van der Waals surface area contributed by atoms with Crippen molar-refractivity contribution in [3.63, 3.8) is 0 Å². The molecule has 2 atom stereocenters. The highest BCUT2D eigenvalue weighted by Crippen LogP contribution is 2.29. The van der Waals surface area contributed by atoms with Gasteiger partial charge in [-0.25, -0.2) is 13.1 Å². The number of hydrogen-bond donors (Lipinski definition) is 2. The fraction of sp³-hybridized carbons (Fsp3) is 1.00. The molecule has 2 unspecified atom stereocenters. The molecule has 1 fully saturated rings. The molecular weight excluding hydrogens is 178 g/mol. The van der Waals surface area contributed by atoms with Gasteiger partial charge in [0.15, 0.2) is 0 Å². The number of sulfonamides is 1. The molecule has 0 saturated heterocycles. The van der Waals surface area contributed by atoms with E-state index in [1.54, 1.807) is 20.8 Å². The van der Waals surface area contributed by atoms with Crippen LogP contribution in [-0.4, -0.2) is 30.4 Å². The van der Waals surface area contributed by atoms with Crippen molar-refractivity contribution < 1.29 is 13.5 Å². The summed E-state index contributed by atoms with van der Waals surface area (Å²) in [5.74, 6) is 0. The lowest BCUT2D eigenvalue weighted by molar-refractivity contribution is 0.278. The molecule has 0 aromatic heterocycles. The van der Waals surface area contributed by atoms with Crippen molar-refractivity contribution in [2.75, 3.05) is 0 Å². The van der Waals surface area contributed by atoms with E-state index in [0.717, 1.165) is 0 Å². The quantitative estimate of drug-likeness (QED) is 0.640. The van der Waals surface area contributed by atoms with Crippen LogP contribution in [0.5, 0.6) is 0 Å². The summed E-state index contributed by atoms with van der Waals surface area (Å²) in [5.41, 5.74) is -0.457. The Morgan fingerprint density at radius 3 is 2.08 bits per heavy atom. The molecule has 1 aliphatic carbocycles. The molecule has 1 saturated carbocycles. The molecule has 0 bridgehead atoms. The second kappa shape index (κ2) is 2.68. The Bertz CT molecular complexity index is 265. The van der Waals surface area contributed by atoms with Gasteiger partial charge in [-0.05, 0) is 27.2 Å². The Kier molecular flexibility index (Phi) is 2.22. The summed E-state index contributed by atoms with van der Waals surface area (Å²) in [6.45, 7) is 5.33. The zero-order valence-electron chi connectivity index (χ0n) is 7.53. The largest absolute Gasteiger partial charge is 0.392 e. The first-order chi connectivity index (χ1) is 5.22. The third kappa shape index (κ3) is 2.43. The van der Waals surface area contributed by atoms with E-state index in [4.69, 9.17) is 5.11 Å². The Labute approximate surface area is 73.0 Å². The molecule has 1 aliphatic rings. The molecule has 0 heterocycles. The predicted octanol–water partition coefficient (Wildman–Crippen LogP) is -0.163. The molecule has 4 nitrogen and oxygen atoms in total. The lowest BCUT2D eigenvalue weighted by Gasteiger charge is -2.19. The van der Waals surface area contributed by atoms with Gasteiger partial charge in [0.1, 0.15) is 5.25 Å². The molecule has 72 valence electrons. The van der Waals surface area contributed by atoms with E-state index in [1.807, 2.05) is 0 Å². The van der Waals surface area contributed by atoms with Gasteiger partial charge in [-0.3, -0.25) is 0 Å². The molecule has 2 N–H and O–H groups in total. The van der Waals surface area contributed by atoms with Crippen LogP contribution < -0.4 is 4.72 Å². The number of hydrogen-bond acceptors (Lipinski definition) is 3. The van der Waals surface area contributed by atoms with Crippen LogP contribution in [-0.2, 0) is 10.0 Å². The number of nitrogens with one attached hydrogen (secondary N) is 1. The highest BCUT2D eigenvalue weighted by Gasteiger charge is 2.47. The monoisotopic (exact) mass is 193 g/mol. The Hall–Kier alpha value is -0.130. The Morgan fingerprint density at radius 1 is 1.42 bits per heavy atom. The smallest absolute Gasteiger partial charge is 0.217 e. The molecular formula is C7H15NO3S. The summed E-state index contributed by atoms with van der Waals surface area (Å²) < 4.78 is 25.2. The molecule has 0 aromatic rings. The third-order valence-corrected chi connectivity index (χ3v) is 3.75. The predicted molar refractivity (Wildman–Crippen MR) is 46.2 cm³/mol. The van der Waals surface area contributed by atoms with Crippen molar-refractivity contribution in [2.24, 2.45) is 0 Å². The van der Waals surface area contributed by atoms with Gasteiger partial charge in [0.2, 0.25) is 10.0 Å². The molecule has 0 radical (unpaired) electrons. The Morgan fingerprint density at radius 2 is 1.83 bits per heavy atom. The van der Waals surface area contributed by atoms with Gasteiger partial charge in [0.05, 0.1) is 6.10 Å². The first-order valence-electron chi connectivity index (χ1n) is 3.93. The molecule has 12 heavy (non-hydrogen) atoms. The maximum atomic E-state index is 11.3. The van der Waals surface area contributed by atoms with Gasteiger partial charge in [-0.2, -0.15) is 0 Å². The van der Waals surface area contributed by atoms with Crippen LogP contribution in [0, 0.1) is 0 Å². The zero-order valence-corrected chi connectivity index (χ0v) is 8.35. The summed E-state index contributed by atoms with van der Waals surface area (Å²) in [4.78, 5) is 0. The molecule has 5 heteroatoms. The fourth-order valence-electron chi connectivity index (χ4n) is 0.995. The first kappa shape index (κ1) is 9.95. The minimum atomic E-state index is -3.29. The van der Waals surface area contributed by atoms with Gasteiger partial charge >= 0.3 is 0 Å². The Balaban J connectivity index is 2.63. The molecule has 0 spiro atoms. The third-order valence-electron chi connectivity index (χ3n) is 1.55. The van der Waals surface area contributed by atoms with E-state index < -0.39 is 26.9 Å². The zero-order chi connectivity index (χ0) is 9.57. The highest BCUT2D eigenvalue weighted by atomic mass is 32.2. The van der Waals surface area contributed by atoms with Crippen LogP contribution in [0.3, 0.4) is 0 Å². The summed E-state index contributed by atoms with van der Waals surface area (Å²) in [6.07, 6.45) is -0.296. The van der Waals surface area contributed by atoms with Crippen molar-refractivity contribution in [3.05, 3.63) is 0 Å². The standard InChI is InChI=1S/C7H15NO3S/c1-7(2,3)8-12(10,11)6-4-5(6)9/h5-6,8-9H,4H2,1-3H3. The average Bonchev–Trinajstić information content (AvgIpc) is 2.38. The summed E-state index contributed by atoms with van der Waals surface area (Å²) in [6, 6.07) is 0. The SMILES string of the molecule is CC(C)(C)NS(=O)(=O)C1CC1O. The second-order valence-corrected chi connectivity index (χ2v) is 6.14. The van der Waals surface area contributed by atoms with Gasteiger partial charge in [-0.1, -0.05) is 0 Å². The van der Waals surface area contributed by atoms with Crippen LogP contribution in [0.4, 0.5) is 0 Å². The van der Waals surface area contributed by atoms with Crippen LogP contribution in [0.15, 0.2) is 0 Å². The van der Waals surface area contributed by atoms with Crippen molar-refractivity contribution in [1.82, 2.24) is 4.72 Å². The van der Waals surface area contributed by atoms with E-state index in [1.165, 1.54) is 0 Å². The van der Waals surface area contributed by atoms with E-state index in [0.29, 0.717) is 6.42 Å². The van der Waals surface area contributed by atoms with Crippen molar-refractivity contribution >= 4 is 10.0 Å². The first-order valence-corrected chi connectivity index (χ1v) is 5.48. The topological polar surface area (TPSA) is 66.4 Å². The van der Waals surface area contributed by atoms with Crippen LogP contribution in [0.1, 0.15) is 27.2 Å². The number of aliphatic hydroxyl groups is 1. The molecule has 0 aromatic carbocycles. The highest BCUT2D eigenvalue weighted by molar-refractivity contribution is 7.90. The second-order valence-electron chi connectivity index (χ2n) is 4.24. The van der Waals surface area contributed by atoms with Crippen molar-refractivity contribution in [3.8, 4) is 0 Å². The number of rotatable bonds is 2. The van der Waals surface area contributed by atoms with E-state index >= 15 is 0 Å². The van der Waals surface area contributed by atoms with Crippen LogP contribution >= 0.6 is 0 Å². The number of aliphatic hydroxyl groups excluding tert-OH is 1. The summed E-state index contributed by atoms with van der Waals surface area (Å²) >= 11 is 0. The minimum absolute atomic E-state index is 0.366. The lowest BCUT2D eigenvalue weighted by atomic mass is 10.1. The lowest BCUT2D eigenvalue weighted by Crippen LogP contribution is -2.42. The fourth-order valence-corrected chi connectivity index (χ4v) is 2.86. The van der Waals surface area contributed by atoms with Crippen molar-refractivity contribution in [2.45, 2.75) is 44.1 Å². The van der Waals surface area contributed by atoms with Crippen LogP contribution in [0.2, 0.25) is 0 Å². The van der Waals surface area contributed by atoms with Gasteiger partial charge in [-0.15, -0.1) is 0 Å². The van der Waals surface area contributed by atoms with Crippen LogP contribution in [0.25, 0.3) is 0 Å². The summed E-state index contributed by atoms with van der Waals surface area (Å²) in [5, 5.41) is 8.35. The van der Waals surface area contributed by atoms with E-state index in [-0.39, 0.29) is 0 Å². The minimum Gasteiger partial charge on any atom is -0.392 e. The van der Waals surface area contributed by atoms with Gasteiger partial charge in [0, 0.05) is 5.54 Å². The van der Waals surface area contributed by atoms with E-state index in [2.05, 4.69) is 4.72 Å². The van der Waals surface area contributed by atoms with Gasteiger partial charge in [0.25, 0.3) is 0 Å². The van der Waals surface area contributed by atoms with Gasteiger partial charge < -0.3 is 5.11 Å². The molecule has 1 rings (SSSR count). The maximum Gasteiger partial charge on any atom is 0.217 e. The maximum absolute atomic E-state index is 11.3. The van der Waals surface area contributed by atoms with Crippen molar-refractivity contribution in [1.29, 1.82) is 0 Å². The van der Waals surface area contributed by atoms with E-state index in [9.17, 15) is 8.42 Å². The molecule has 0 amide bonds. The molecule has 0 aliphatic heterocycles. The summed E-state index contributed by atoms with van der Waals surface area (Å²) in [7, 11) is -3.29.